The number of hydrogen-bond acceptors (Lipinski definition) is 3. The third kappa shape index (κ3) is 5.54. The predicted octanol–water partition coefficient (Wildman–Crippen LogP) is 1.36. The van der Waals surface area contributed by atoms with Gasteiger partial charge in [0, 0.05) is 31.5 Å². The molecule has 0 spiro atoms. The lowest BCUT2D eigenvalue weighted by molar-refractivity contribution is 0.127. The first-order valence-electron chi connectivity index (χ1n) is 5.62. The molecule has 2 N–H and O–H groups in total. The van der Waals surface area contributed by atoms with Gasteiger partial charge < -0.3 is 15.0 Å². The molecule has 0 bridgehead atoms. The second-order valence-electron chi connectivity index (χ2n) is 3.65. The van der Waals surface area contributed by atoms with Crippen molar-refractivity contribution in [2.45, 2.75) is 32.7 Å². The third-order valence-electron chi connectivity index (χ3n) is 2.21. The van der Waals surface area contributed by atoms with E-state index in [0.717, 1.165) is 38.4 Å². The molecule has 0 aromatic carbocycles. The molecule has 0 aliphatic rings. The summed E-state index contributed by atoms with van der Waals surface area (Å²) < 4.78 is 5.32. The molecule has 1 unspecified atom stereocenters. The maximum Gasteiger partial charge on any atom is 0.106 e. The molecular formula is C11H21N3O. The number of aromatic amines is 1. The number of rotatable bonds is 8. The van der Waals surface area contributed by atoms with Crippen LogP contribution < -0.4 is 5.32 Å². The van der Waals surface area contributed by atoms with Gasteiger partial charge in [-0.05, 0) is 26.8 Å². The zero-order valence-corrected chi connectivity index (χ0v) is 9.62. The van der Waals surface area contributed by atoms with Gasteiger partial charge in [-0.3, -0.25) is 0 Å². The summed E-state index contributed by atoms with van der Waals surface area (Å²) >= 11 is 0. The first-order chi connectivity index (χ1) is 7.33. The molecule has 1 heterocycles. The van der Waals surface area contributed by atoms with Crippen molar-refractivity contribution in [3.8, 4) is 0 Å². The Bertz CT molecular complexity index is 236. The van der Waals surface area contributed by atoms with Gasteiger partial charge in [-0.2, -0.15) is 0 Å². The number of imidazole rings is 1. The fraction of sp³-hybridized carbons (Fsp3) is 0.727. The van der Waals surface area contributed by atoms with Crippen LogP contribution in [-0.4, -0.2) is 35.8 Å². The molecule has 1 aromatic rings. The number of nitrogens with zero attached hydrogens (tertiary/aromatic N) is 1. The van der Waals surface area contributed by atoms with Crippen LogP contribution in [0.3, 0.4) is 0 Å². The fourth-order valence-corrected chi connectivity index (χ4v) is 1.39. The van der Waals surface area contributed by atoms with E-state index >= 15 is 0 Å². The van der Waals surface area contributed by atoms with Crippen molar-refractivity contribution >= 4 is 0 Å². The molecule has 0 fully saturated rings. The van der Waals surface area contributed by atoms with Gasteiger partial charge >= 0.3 is 0 Å². The number of aromatic nitrogens is 2. The van der Waals surface area contributed by atoms with Gasteiger partial charge in [0.15, 0.2) is 0 Å². The third-order valence-corrected chi connectivity index (χ3v) is 2.21. The Kier molecular flexibility index (Phi) is 6.04. The Morgan fingerprint density at radius 2 is 2.47 bits per heavy atom. The van der Waals surface area contributed by atoms with E-state index in [4.69, 9.17) is 4.74 Å². The molecule has 0 radical (unpaired) electrons. The lowest BCUT2D eigenvalue weighted by atomic mass is 10.2. The van der Waals surface area contributed by atoms with Gasteiger partial charge in [0.05, 0.1) is 6.61 Å². The van der Waals surface area contributed by atoms with Crippen molar-refractivity contribution in [1.29, 1.82) is 0 Å². The quantitative estimate of drug-likeness (QED) is 0.638. The maximum atomic E-state index is 5.32. The molecule has 15 heavy (non-hydrogen) atoms. The number of H-pyrrole nitrogens is 1. The van der Waals surface area contributed by atoms with Gasteiger partial charge in [0.25, 0.3) is 0 Å². The molecule has 1 atom stereocenters. The largest absolute Gasteiger partial charge is 0.380 e. The van der Waals surface area contributed by atoms with Crippen LogP contribution in [0.5, 0.6) is 0 Å². The minimum atomic E-state index is 0.432. The Hall–Kier alpha value is -0.870. The molecule has 0 aliphatic carbocycles. The van der Waals surface area contributed by atoms with Crippen molar-refractivity contribution in [2.24, 2.45) is 0 Å². The number of nitrogens with one attached hydrogen (secondary N) is 2. The van der Waals surface area contributed by atoms with Crippen LogP contribution in [0.2, 0.25) is 0 Å². The molecule has 4 nitrogen and oxygen atoms in total. The van der Waals surface area contributed by atoms with E-state index in [2.05, 4.69) is 22.2 Å². The summed E-state index contributed by atoms with van der Waals surface area (Å²) in [5, 5.41) is 3.41. The number of ether oxygens (including phenoxy) is 1. The average molecular weight is 211 g/mol. The molecular weight excluding hydrogens is 190 g/mol. The highest BCUT2D eigenvalue weighted by Gasteiger charge is 2.00. The fourth-order valence-electron chi connectivity index (χ4n) is 1.39. The summed E-state index contributed by atoms with van der Waals surface area (Å²) in [7, 11) is 0. The smallest absolute Gasteiger partial charge is 0.106 e. The van der Waals surface area contributed by atoms with Crippen molar-refractivity contribution in [3.63, 3.8) is 0 Å². The highest BCUT2D eigenvalue weighted by atomic mass is 16.5. The minimum absolute atomic E-state index is 0.432. The van der Waals surface area contributed by atoms with Gasteiger partial charge in [0.2, 0.25) is 0 Å². The van der Waals surface area contributed by atoms with E-state index in [-0.39, 0.29) is 0 Å². The SMILES string of the molecule is CCOCC(C)NCCCc1ncc[nH]1. The Morgan fingerprint density at radius 3 is 3.13 bits per heavy atom. The van der Waals surface area contributed by atoms with Crippen molar-refractivity contribution in [1.82, 2.24) is 15.3 Å². The molecule has 1 aromatic heterocycles. The van der Waals surface area contributed by atoms with Crippen molar-refractivity contribution in [3.05, 3.63) is 18.2 Å². The number of aryl methyl sites for hydroxylation is 1. The van der Waals surface area contributed by atoms with Crippen LogP contribution in [0.15, 0.2) is 12.4 Å². The topological polar surface area (TPSA) is 49.9 Å². The van der Waals surface area contributed by atoms with Gasteiger partial charge in [-0.15, -0.1) is 0 Å². The van der Waals surface area contributed by atoms with E-state index in [1.165, 1.54) is 0 Å². The van der Waals surface area contributed by atoms with Crippen molar-refractivity contribution < 1.29 is 4.74 Å². The maximum absolute atomic E-state index is 5.32. The normalized spacial score (nSPS) is 12.9. The van der Waals surface area contributed by atoms with Crippen LogP contribution in [0.4, 0.5) is 0 Å². The molecule has 86 valence electrons. The van der Waals surface area contributed by atoms with Crippen LogP contribution in [-0.2, 0) is 11.2 Å². The molecule has 0 amide bonds. The summed E-state index contributed by atoms with van der Waals surface area (Å²) in [4.78, 5) is 7.27. The first-order valence-corrected chi connectivity index (χ1v) is 5.62. The van der Waals surface area contributed by atoms with Crippen LogP contribution >= 0.6 is 0 Å². The van der Waals surface area contributed by atoms with Crippen LogP contribution in [0.1, 0.15) is 26.1 Å². The summed E-state index contributed by atoms with van der Waals surface area (Å²) in [6.45, 7) is 6.75. The Morgan fingerprint density at radius 1 is 1.60 bits per heavy atom. The van der Waals surface area contributed by atoms with Gasteiger partial charge in [0.1, 0.15) is 5.82 Å². The van der Waals surface area contributed by atoms with Crippen LogP contribution in [0.25, 0.3) is 0 Å². The molecule has 1 rings (SSSR count). The van der Waals surface area contributed by atoms with E-state index < -0.39 is 0 Å². The average Bonchev–Trinajstić information content (AvgIpc) is 2.74. The lowest BCUT2D eigenvalue weighted by Gasteiger charge is -2.12. The Labute approximate surface area is 91.4 Å². The monoisotopic (exact) mass is 211 g/mol. The van der Waals surface area contributed by atoms with E-state index in [1.807, 2.05) is 13.1 Å². The second kappa shape index (κ2) is 7.43. The summed E-state index contributed by atoms with van der Waals surface area (Å²) in [6.07, 6.45) is 5.76. The standard InChI is InChI=1S/C11H21N3O/c1-3-15-9-10(2)12-6-4-5-11-13-7-8-14-11/h7-8,10,12H,3-6,9H2,1-2H3,(H,13,14). The number of hydrogen-bond donors (Lipinski definition) is 2. The molecule has 4 heteroatoms. The van der Waals surface area contributed by atoms with E-state index in [9.17, 15) is 0 Å². The van der Waals surface area contributed by atoms with Crippen molar-refractivity contribution in [2.75, 3.05) is 19.8 Å². The molecule has 0 saturated carbocycles. The van der Waals surface area contributed by atoms with Gasteiger partial charge in [-0.25, -0.2) is 4.98 Å². The van der Waals surface area contributed by atoms with E-state index in [0.29, 0.717) is 6.04 Å². The van der Waals surface area contributed by atoms with Crippen LogP contribution in [0, 0.1) is 0 Å². The predicted molar refractivity (Wildman–Crippen MR) is 60.9 cm³/mol. The highest BCUT2D eigenvalue weighted by molar-refractivity contribution is 4.86. The summed E-state index contributed by atoms with van der Waals surface area (Å²) in [6, 6.07) is 0.432. The zero-order valence-electron chi connectivity index (χ0n) is 9.62. The molecule has 0 saturated heterocycles. The second-order valence-corrected chi connectivity index (χ2v) is 3.65. The minimum Gasteiger partial charge on any atom is -0.380 e. The Balaban J connectivity index is 1.97. The zero-order chi connectivity index (χ0) is 10.9. The summed E-state index contributed by atoms with van der Waals surface area (Å²) in [5.41, 5.74) is 0. The lowest BCUT2D eigenvalue weighted by Crippen LogP contribution is -2.31. The highest BCUT2D eigenvalue weighted by Crippen LogP contribution is 1.94. The summed E-state index contributed by atoms with van der Waals surface area (Å²) in [5.74, 6) is 1.06. The van der Waals surface area contributed by atoms with Gasteiger partial charge in [-0.1, -0.05) is 0 Å². The first kappa shape index (κ1) is 12.2. The molecule has 0 aliphatic heterocycles. The van der Waals surface area contributed by atoms with E-state index in [1.54, 1.807) is 6.20 Å².